The fraction of sp³-hybridized carbons (Fsp3) is 0.167. The highest BCUT2D eigenvalue weighted by Crippen LogP contribution is 2.48. The Hall–Kier alpha value is -3.11. The molecule has 0 fully saturated rings. The molecule has 2 aromatic heterocycles. The largest absolute Gasteiger partial charge is 0.294 e. The average Bonchev–Trinajstić information content (AvgIpc) is 3.09. The molecule has 3 heterocycles. The number of aromatic amines is 1. The highest BCUT2D eigenvalue weighted by molar-refractivity contribution is 14.1. The van der Waals surface area contributed by atoms with Crippen molar-refractivity contribution in [1.82, 2.24) is 15.2 Å². The smallest absolute Gasteiger partial charge is 0.272 e. The number of H-pyrrole nitrogens is 1. The second-order valence-electron chi connectivity index (χ2n) is 7.69. The van der Waals surface area contributed by atoms with E-state index in [1.807, 2.05) is 78.5 Å². The summed E-state index contributed by atoms with van der Waals surface area (Å²) in [6.07, 6.45) is 4.40. The first-order valence-corrected chi connectivity index (χ1v) is 11.1. The molecule has 0 aliphatic carbocycles. The topological polar surface area (TPSA) is 88.2 Å². The van der Waals surface area contributed by atoms with Gasteiger partial charge in [0.2, 0.25) is 0 Å². The summed E-state index contributed by atoms with van der Waals surface area (Å²) in [5, 5.41) is 8.23. The first-order valence-electron chi connectivity index (χ1n) is 10.2. The number of hydrogen-bond acceptors (Lipinski definition) is 5. The summed E-state index contributed by atoms with van der Waals surface area (Å²) in [6, 6.07) is 17.0. The maximum atomic E-state index is 13.5. The molecule has 0 bridgehead atoms. The minimum atomic E-state index is -1.02. The van der Waals surface area contributed by atoms with Crippen molar-refractivity contribution < 1.29 is 7.86 Å². The van der Waals surface area contributed by atoms with Crippen molar-refractivity contribution in [3.05, 3.63) is 94.2 Å². The zero-order valence-electron chi connectivity index (χ0n) is 17.2. The van der Waals surface area contributed by atoms with Gasteiger partial charge in [-0.3, -0.25) is 22.5 Å². The summed E-state index contributed by atoms with van der Waals surface area (Å²) in [5.41, 5.74) is 2.68. The molecule has 1 aliphatic heterocycles. The van der Waals surface area contributed by atoms with Crippen molar-refractivity contribution in [2.24, 2.45) is 0 Å². The van der Waals surface area contributed by atoms with Crippen LogP contribution in [0.4, 0.5) is 11.4 Å². The highest BCUT2D eigenvalue weighted by Gasteiger charge is 2.51. The number of amides is 1. The molecule has 7 nitrogen and oxygen atoms in total. The first-order chi connectivity index (χ1) is 15.6. The number of benzene rings is 2. The predicted octanol–water partition coefficient (Wildman–Crippen LogP) is 4.56. The van der Waals surface area contributed by atoms with Crippen LogP contribution >= 0.6 is 23.0 Å². The molecule has 0 saturated heterocycles. The number of aromatic nitrogens is 3. The number of anilines is 2. The number of fused-ring (bicyclic) bond motifs is 2. The molecule has 0 radical (unpaired) electrons. The van der Waals surface area contributed by atoms with Gasteiger partial charge >= 0.3 is 0 Å². The van der Waals surface area contributed by atoms with Crippen molar-refractivity contribution in [3.63, 3.8) is 0 Å². The number of pyridine rings is 1. The van der Waals surface area contributed by atoms with Gasteiger partial charge in [0.1, 0.15) is 23.0 Å². The summed E-state index contributed by atoms with van der Waals surface area (Å²) >= 11 is 1.82. The lowest BCUT2D eigenvalue weighted by molar-refractivity contribution is -0.130. The van der Waals surface area contributed by atoms with E-state index in [0.29, 0.717) is 23.9 Å². The Morgan fingerprint density at radius 2 is 1.81 bits per heavy atom. The van der Waals surface area contributed by atoms with Crippen LogP contribution in [0.5, 0.6) is 0 Å². The van der Waals surface area contributed by atoms with Crippen molar-refractivity contribution >= 4 is 51.1 Å². The summed E-state index contributed by atoms with van der Waals surface area (Å²) in [4.78, 5) is 31.7. The third-order valence-corrected chi connectivity index (χ3v) is 6.70. The molecule has 1 N–H and O–H groups in total. The lowest BCUT2D eigenvalue weighted by atomic mass is 9.93. The van der Waals surface area contributed by atoms with Crippen LogP contribution in [0.1, 0.15) is 30.2 Å². The first kappa shape index (κ1) is 20.8. The lowest BCUT2D eigenvalue weighted by Crippen LogP contribution is -2.38. The van der Waals surface area contributed by atoms with Gasteiger partial charge in [0.05, 0.1) is 28.7 Å². The second kappa shape index (κ2) is 8.10. The second-order valence-corrected chi connectivity index (χ2v) is 8.13. The molecular formula is C24H19IN4O3. The fourth-order valence-corrected chi connectivity index (χ4v) is 5.07. The summed E-state index contributed by atoms with van der Waals surface area (Å²) in [7, 11) is 0. The highest BCUT2D eigenvalue weighted by atomic mass is 127. The van der Waals surface area contributed by atoms with Gasteiger partial charge in [0.15, 0.2) is 5.60 Å². The van der Waals surface area contributed by atoms with E-state index in [1.165, 1.54) is 0 Å². The molecular weight excluding hydrogens is 519 g/mol. The molecule has 1 unspecified atom stereocenters. The van der Waals surface area contributed by atoms with Crippen LogP contribution in [-0.2, 0) is 19.9 Å². The Labute approximate surface area is 198 Å². The molecule has 2 aromatic carbocycles. The Kier molecular flexibility index (Phi) is 5.26. The van der Waals surface area contributed by atoms with Crippen molar-refractivity contribution in [1.29, 1.82) is 0 Å². The zero-order chi connectivity index (χ0) is 22.3. The summed E-state index contributed by atoms with van der Waals surface area (Å²) in [5.74, 6) is -0.137. The molecule has 0 saturated carbocycles. The predicted molar refractivity (Wildman–Crippen MR) is 130 cm³/mol. The van der Waals surface area contributed by atoms with Crippen molar-refractivity contribution in [3.8, 4) is 0 Å². The fourth-order valence-electron chi connectivity index (χ4n) is 4.33. The van der Waals surface area contributed by atoms with Gasteiger partial charge in [-0.05, 0) is 30.2 Å². The maximum Gasteiger partial charge on any atom is 0.272 e. The van der Waals surface area contributed by atoms with Gasteiger partial charge < -0.3 is 0 Å². The van der Waals surface area contributed by atoms with E-state index < -0.39 is 5.60 Å². The van der Waals surface area contributed by atoms with E-state index in [-0.39, 0.29) is 11.5 Å². The van der Waals surface area contributed by atoms with E-state index in [1.54, 1.807) is 23.4 Å². The zero-order valence-corrected chi connectivity index (χ0v) is 19.4. The number of nitrogens with one attached hydrogen (secondary N) is 1. The van der Waals surface area contributed by atoms with Crippen molar-refractivity contribution in [2.45, 2.75) is 25.4 Å². The Morgan fingerprint density at radius 1 is 1.06 bits per heavy atom. The molecule has 0 spiro atoms. The maximum absolute atomic E-state index is 13.5. The van der Waals surface area contributed by atoms with Crippen molar-refractivity contribution in [2.75, 3.05) is 4.90 Å². The average molecular weight is 538 g/mol. The van der Waals surface area contributed by atoms with Crippen LogP contribution in [0.15, 0.2) is 71.8 Å². The van der Waals surface area contributed by atoms with E-state index in [9.17, 15) is 9.59 Å². The van der Waals surface area contributed by atoms with Gasteiger partial charge in [0, 0.05) is 23.6 Å². The van der Waals surface area contributed by atoms with Gasteiger partial charge in [-0.1, -0.05) is 43.3 Å². The van der Waals surface area contributed by atoms with Crippen LogP contribution in [0.2, 0.25) is 0 Å². The molecule has 1 amide bonds. The number of rotatable bonds is 5. The standard InChI is InChI=1S/C24H19IN4O3/c1-2-24(32-25)19-9-5-6-10-21(19)29(23(24)31)16-11-15(13-26-14-16)12-20-17-7-3-4-8-18(17)22(30)28-27-20/h3-11,13-14H,2,12H2,1H3,(H,28,30). The minimum absolute atomic E-state index is 0.137. The molecule has 1 atom stereocenters. The summed E-state index contributed by atoms with van der Waals surface area (Å²) < 4.78 is 5.74. The van der Waals surface area contributed by atoms with E-state index in [2.05, 4.69) is 15.2 Å². The van der Waals surface area contributed by atoms with Gasteiger partial charge in [-0.25, -0.2) is 5.10 Å². The van der Waals surface area contributed by atoms with Crippen LogP contribution in [0.25, 0.3) is 10.8 Å². The number of carbonyl (C=O) groups is 1. The SMILES string of the molecule is CCC1(OI)C(=O)N(c2cncc(Cc3n[nH]c(=O)c4ccccc34)c2)c2ccccc21. The molecule has 5 rings (SSSR count). The third kappa shape index (κ3) is 3.13. The monoisotopic (exact) mass is 538 g/mol. The van der Waals surface area contributed by atoms with Gasteiger partial charge in [-0.2, -0.15) is 5.10 Å². The molecule has 160 valence electrons. The molecule has 4 aromatic rings. The third-order valence-electron chi connectivity index (χ3n) is 5.94. The van der Waals surface area contributed by atoms with E-state index in [4.69, 9.17) is 3.07 Å². The van der Waals surface area contributed by atoms with Crippen LogP contribution in [-0.4, -0.2) is 21.1 Å². The van der Waals surface area contributed by atoms with Crippen LogP contribution < -0.4 is 10.5 Å². The number of halogens is 1. The Bertz CT molecular complexity index is 1400. The Morgan fingerprint density at radius 3 is 2.59 bits per heavy atom. The molecule has 8 heteroatoms. The number of carbonyl (C=O) groups excluding carboxylic acids is 1. The lowest BCUT2D eigenvalue weighted by Gasteiger charge is -2.24. The number of para-hydroxylation sites is 1. The normalized spacial score (nSPS) is 17.7. The molecule has 32 heavy (non-hydrogen) atoms. The van der Waals surface area contributed by atoms with Gasteiger partial charge in [0.25, 0.3) is 11.5 Å². The number of hydrogen-bond donors (Lipinski definition) is 1. The van der Waals surface area contributed by atoms with Crippen LogP contribution in [0, 0.1) is 0 Å². The molecule has 1 aliphatic rings. The van der Waals surface area contributed by atoms with E-state index in [0.717, 1.165) is 27.9 Å². The number of nitrogens with zero attached hydrogens (tertiary/aromatic N) is 3. The van der Waals surface area contributed by atoms with Gasteiger partial charge in [-0.15, -0.1) is 0 Å². The minimum Gasteiger partial charge on any atom is -0.294 e. The Balaban J connectivity index is 1.57. The van der Waals surface area contributed by atoms with Crippen LogP contribution in [0.3, 0.4) is 0 Å². The van der Waals surface area contributed by atoms with E-state index >= 15 is 0 Å². The quantitative estimate of drug-likeness (QED) is 0.377. The summed E-state index contributed by atoms with van der Waals surface area (Å²) in [6.45, 7) is 1.94.